The molecule has 0 spiro atoms. The summed E-state index contributed by atoms with van der Waals surface area (Å²) in [6, 6.07) is 89.7. The van der Waals surface area contributed by atoms with Crippen molar-refractivity contribution in [2.45, 2.75) is 0 Å². The van der Waals surface area contributed by atoms with Crippen molar-refractivity contribution in [3.05, 3.63) is 249 Å². The number of benzene rings is 11. The van der Waals surface area contributed by atoms with E-state index in [0.717, 1.165) is 83.2 Å². The van der Waals surface area contributed by atoms with Gasteiger partial charge in [-0.3, -0.25) is 0 Å². The van der Waals surface area contributed by atoms with Gasteiger partial charge in [0, 0.05) is 33.0 Å². The van der Waals surface area contributed by atoms with Crippen LogP contribution in [-0.4, -0.2) is 0 Å². The number of furan rings is 1. The van der Waals surface area contributed by atoms with Gasteiger partial charge in [0.1, 0.15) is 11.2 Å². The van der Waals surface area contributed by atoms with E-state index < -0.39 is 0 Å². The molecule has 12 rings (SSSR count). The third kappa shape index (κ3) is 6.52. The van der Waals surface area contributed by atoms with Crippen LogP contribution in [0.1, 0.15) is 0 Å². The third-order valence-electron chi connectivity index (χ3n) is 12.7. The molecule has 0 radical (unpaired) electrons. The summed E-state index contributed by atoms with van der Waals surface area (Å²) in [5.41, 5.74) is 16.6. The van der Waals surface area contributed by atoms with Gasteiger partial charge < -0.3 is 9.32 Å². The Morgan fingerprint density at radius 3 is 1.56 bits per heavy atom. The summed E-state index contributed by atoms with van der Waals surface area (Å²) < 4.78 is 6.75. The molecule has 0 amide bonds. The molecule has 2 nitrogen and oxygen atoms in total. The van der Waals surface area contributed by atoms with E-state index in [4.69, 9.17) is 4.42 Å². The fourth-order valence-electron chi connectivity index (χ4n) is 9.59. The third-order valence-corrected chi connectivity index (χ3v) is 12.7. The molecule has 1 aromatic heterocycles. The second kappa shape index (κ2) is 15.8. The van der Waals surface area contributed by atoms with E-state index in [2.05, 4.69) is 254 Å². The minimum atomic E-state index is 0.871. The van der Waals surface area contributed by atoms with Crippen LogP contribution in [0.5, 0.6) is 0 Å². The first-order valence-corrected chi connectivity index (χ1v) is 21.9. The zero-order chi connectivity index (χ0) is 42.4. The van der Waals surface area contributed by atoms with E-state index in [9.17, 15) is 0 Å². The van der Waals surface area contributed by atoms with Crippen molar-refractivity contribution in [2.75, 3.05) is 4.90 Å². The molecular weight excluding hydrogens is 775 g/mol. The van der Waals surface area contributed by atoms with Crippen molar-refractivity contribution < 1.29 is 4.42 Å². The molecule has 64 heavy (non-hydrogen) atoms. The lowest BCUT2D eigenvalue weighted by Gasteiger charge is -2.31. The van der Waals surface area contributed by atoms with Crippen LogP contribution in [0, 0.1) is 0 Å². The number of hydrogen-bond acceptors (Lipinski definition) is 2. The second-order valence-corrected chi connectivity index (χ2v) is 16.4. The highest BCUT2D eigenvalue weighted by atomic mass is 16.3. The van der Waals surface area contributed by atoms with Crippen LogP contribution >= 0.6 is 0 Å². The summed E-state index contributed by atoms with van der Waals surface area (Å²) in [4.78, 5) is 2.46. The SMILES string of the molecule is c1ccc(-c2ccc(-c3ccc(N(c4cc(-c5cccc6ccccc56)ccc4-c4ccccc4)c4ccccc4-c4cccc5oc6c7ccccc7ccc6c45)cc3)cc2)cc1. The predicted molar refractivity (Wildman–Crippen MR) is 271 cm³/mol. The Morgan fingerprint density at radius 1 is 0.281 bits per heavy atom. The van der Waals surface area contributed by atoms with Crippen LogP contribution in [0.25, 0.3) is 99.1 Å². The summed E-state index contributed by atoms with van der Waals surface area (Å²) in [6.45, 7) is 0. The van der Waals surface area contributed by atoms with Crippen LogP contribution < -0.4 is 4.90 Å². The quantitative estimate of drug-likeness (QED) is 0.152. The summed E-state index contributed by atoms with van der Waals surface area (Å²) >= 11 is 0. The average Bonchev–Trinajstić information content (AvgIpc) is 3.77. The Bertz CT molecular complexity index is 3640. The van der Waals surface area contributed by atoms with E-state index in [1.54, 1.807) is 0 Å². The monoisotopic (exact) mass is 815 g/mol. The number of para-hydroxylation sites is 1. The Hall–Kier alpha value is -8.46. The highest BCUT2D eigenvalue weighted by molar-refractivity contribution is 6.20. The van der Waals surface area contributed by atoms with Crippen molar-refractivity contribution in [2.24, 2.45) is 0 Å². The highest BCUT2D eigenvalue weighted by Gasteiger charge is 2.24. The molecule has 0 bridgehead atoms. The maximum absolute atomic E-state index is 6.75. The molecule has 300 valence electrons. The first-order valence-electron chi connectivity index (χ1n) is 21.9. The molecule has 0 aliphatic carbocycles. The van der Waals surface area contributed by atoms with Gasteiger partial charge in [-0.05, 0) is 97.1 Å². The van der Waals surface area contributed by atoms with Crippen molar-refractivity contribution in [3.8, 4) is 55.6 Å². The van der Waals surface area contributed by atoms with Crippen LogP contribution in [0.2, 0.25) is 0 Å². The first kappa shape index (κ1) is 37.3. The van der Waals surface area contributed by atoms with Gasteiger partial charge in [0.05, 0.1) is 11.4 Å². The lowest BCUT2D eigenvalue weighted by atomic mass is 9.93. The molecule has 0 aliphatic heterocycles. The molecule has 0 fully saturated rings. The lowest BCUT2D eigenvalue weighted by molar-refractivity contribution is 0.673. The summed E-state index contributed by atoms with van der Waals surface area (Å²) in [5.74, 6) is 0. The number of nitrogens with zero attached hydrogens (tertiary/aromatic N) is 1. The van der Waals surface area contributed by atoms with E-state index in [1.165, 1.54) is 33.0 Å². The van der Waals surface area contributed by atoms with Crippen molar-refractivity contribution in [1.82, 2.24) is 0 Å². The standard InChI is InChI=1S/C62H41NO/c1-3-15-42(16-4-1)43-29-31-44(32-30-43)45-33-37-50(38-34-45)63(59-41-49(36-39-53(59)47-17-5-2-6-18-47)52-25-13-21-46-19-7-9-22-51(46)52)58-27-12-11-24-55(58)56-26-14-28-60-61(56)57-40-35-48-20-8-10-23-54(48)62(57)64-60/h1-41H. The number of fused-ring (bicyclic) bond motifs is 6. The molecule has 0 N–H and O–H groups in total. The Labute approximate surface area is 372 Å². The maximum Gasteiger partial charge on any atom is 0.143 e. The molecule has 0 aliphatic rings. The van der Waals surface area contributed by atoms with E-state index in [1.807, 2.05) is 0 Å². The van der Waals surface area contributed by atoms with Gasteiger partial charge in [0.2, 0.25) is 0 Å². The van der Waals surface area contributed by atoms with Crippen LogP contribution in [0.4, 0.5) is 17.1 Å². The number of hydrogen-bond donors (Lipinski definition) is 0. The van der Waals surface area contributed by atoms with E-state index in [-0.39, 0.29) is 0 Å². The van der Waals surface area contributed by atoms with Crippen LogP contribution in [0.15, 0.2) is 253 Å². The fraction of sp³-hybridized carbons (Fsp3) is 0. The predicted octanol–water partition coefficient (Wildman–Crippen LogP) is 17.7. The fourth-order valence-corrected chi connectivity index (χ4v) is 9.59. The van der Waals surface area contributed by atoms with Crippen LogP contribution in [0.3, 0.4) is 0 Å². The molecular formula is C62H41NO. The zero-order valence-electron chi connectivity index (χ0n) is 35.0. The second-order valence-electron chi connectivity index (χ2n) is 16.4. The molecule has 0 unspecified atom stereocenters. The zero-order valence-corrected chi connectivity index (χ0v) is 35.0. The Kier molecular flexibility index (Phi) is 9.20. The Balaban J connectivity index is 1.09. The number of anilines is 3. The smallest absolute Gasteiger partial charge is 0.143 e. The highest BCUT2D eigenvalue weighted by Crippen LogP contribution is 2.49. The van der Waals surface area contributed by atoms with Crippen molar-refractivity contribution in [1.29, 1.82) is 0 Å². The number of rotatable bonds is 8. The van der Waals surface area contributed by atoms with Gasteiger partial charge in [-0.15, -0.1) is 0 Å². The molecule has 0 saturated heterocycles. The largest absolute Gasteiger partial charge is 0.455 e. The van der Waals surface area contributed by atoms with Gasteiger partial charge in [0.25, 0.3) is 0 Å². The molecule has 0 saturated carbocycles. The molecule has 2 heteroatoms. The van der Waals surface area contributed by atoms with E-state index in [0.29, 0.717) is 0 Å². The van der Waals surface area contributed by atoms with Gasteiger partial charge in [-0.25, -0.2) is 0 Å². The molecule has 1 heterocycles. The van der Waals surface area contributed by atoms with Crippen molar-refractivity contribution >= 4 is 60.5 Å². The molecule has 11 aromatic carbocycles. The van der Waals surface area contributed by atoms with Gasteiger partial charge in [-0.1, -0.05) is 212 Å². The van der Waals surface area contributed by atoms with Gasteiger partial charge in [-0.2, -0.15) is 0 Å². The summed E-state index contributed by atoms with van der Waals surface area (Å²) in [6.07, 6.45) is 0. The van der Waals surface area contributed by atoms with Gasteiger partial charge in [0.15, 0.2) is 0 Å². The summed E-state index contributed by atoms with van der Waals surface area (Å²) in [5, 5.41) is 6.94. The minimum Gasteiger partial charge on any atom is -0.455 e. The average molecular weight is 816 g/mol. The molecule has 12 aromatic rings. The van der Waals surface area contributed by atoms with E-state index >= 15 is 0 Å². The van der Waals surface area contributed by atoms with Crippen LogP contribution in [-0.2, 0) is 0 Å². The summed E-state index contributed by atoms with van der Waals surface area (Å²) in [7, 11) is 0. The van der Waals surface area contributed by atoms with Crippen molar-refractivity contribution in [3.63, 3.8) is 0 Å². The van der Waals surface area contributed by atoms with Gasteiger partial charge >= 0.3 is 0 Å². The maximum atomic E-state index is 6.75. The lowest BCUT2D eigenvalue weighted by Crippen LogP contribution is -2.13. The topological polar surface area (TPSA) is 16.4 Å². The minimum absolute atomic E-state index is 0.871. The Morgan fingerprint density at radius 2 is 0.812 bits per heavy atom. The molecule has 0 atom stereocenters. The normalized spacial score (nSPS) is 11.4. The first-order chi connectivity index (χ1) is 31.7.